The van der Waals surface area contributed by atoms with Crippen LogP contribution in [-0.2, 0) is 4.79 Å². The maximum absolute atomic E-state index is 10.6. The maximum Gasteiger partial charge on any atom is 0.216 e. The fourth-order valence-electron chi connectivity index (χ4n) is 2.26. The van der Waals surface area contributed by atoms with E-state index in [2.05, 4.69) is 10.2 Å². The Labute approximate surface area is 112 Å². The molecule has 1 N–H and O–H groups in total. The normalized spacial score (nSPS) is 16.3. The third-order valence-corrected chi connectivity index (χ3v) is 3.22. The van der Waals surface area contributed by atoms with Crippen LogP contribution in [0.1, 0.15) is 51.9 Å². The van der Waals surface area contributed by atoms with E-state index in [1.165, 1.54) is 58.2 Å². The summed E-state index contributed by atoms with van der Waals surface area (Å²) in [5, 5.41) is 2.84. The van der Waals surface area contributed by atoms with Crippen molar-refractivity contribution in [2.45, 2.75) is 51.9 Å². The first-order valence-corrected chi connectivity index (χ1v) is 6.76. The lowest BCUT2D eigenvalue weighted by atomic mass is 10.1. The molecule has 1 amide bonds. The number of hydrogen-bond donors (Lipinski definition) is 1. The molecule has 0 atom stereocenters. The molecule has 0 aliphatic carbocycles. The Balaban J connectivity index is 0.00000256. The highest BCUT2D eigenvalue weighted by Crippen LogP contribution is 2.10. The summed E-state index contributed by atoms with van der Waals surface area (Å²) < 4.78 is 0. The zero-order valence-corrected chi connectivity index (χ0v) is 11.9. The van der Waals surface area contributed by atoms with Gasteiger partial charge in [0.15, 0.2) is 0 Å². The van der Waals surface area contributed by atoms with Gasteiger partial charge in [-0.15, -0.1) is 12.4 Å². The van der Waals surface area contributed by atoms with Gasteiger partial charge >= 0.3 is 0 Å². The van der Waals surface area contributed by atoms with Crippen molar-refractivity contribution in [2.75, 3.05) is 26.2 Å². The minimum absolute atomic E-state index is 0. The van der Waals surface area contributed by atoms with Gasteiger partial charge in [-0.2, -0.15) is 0 Å². The van der Waals surface area contributed by atoms with Crippen LogP contribution in [0, 0.1) is 0 Å². The average Bonchev–Trinajstić information content (AvgIpc) is 2.29. The molecule has 0 saturated carbocycles. The summed E-state index contributed by atoms with van der Waals surface area (Å²) in [6, 6.07) is 0. The molecule has 0 aromatic heterocycles. The van der Waals surface area contributed by atoms with Crippen molar-refractivity contribution in [3.8, 4) is 0 Å². The Morgan fingerprint density at radius 3 is 2.35 bits per heavy atom. The predicted octanol–water partition coefficient (Wildman–Crippen LogP) is 2.59. The summed E-state index contributed by atoms with van der Waals surface area (Å²) in [5.41, 5.74) is 0. The monoisotopic (exact) mass is 262 g/mol. The molecule has 1 saturated heterocycles. The Bertz CT molecular complexity index is 194. The molecule has 1 heterocycles. The molecular weight excluding hydrogens is 236 g/mol. The van der Waals surface area contributed by atoms with E-state index in [9.17, 15) is 4.79 Å². The first-order chi connectivity index (χ1) is 7.79. The number of hydrogen-bond acceptors (Lipinski definition) is 2. The molecule has 0 unspecified atom stereocenters. The zero-order chi connectivity index (χ0) is 11.6. The third-order valence-electron chi connectivity index (χ3n) is 3.22. The van der Waals surface area contributed by atoms with E-state index in [0.29, 0.717) is 0 Å². The molecule has 3 nitrogen and oxygen atoms in total. The van der Waals surface area contributed by atoms with Crippen LogP contribution in [0.4, 0.5) is 0 Å². The van der Waals surface area contributed by atoms with Crippen LogP contribution in [0.15, 0.2) is 0 Å². The molecular formula is C13H27ClN2O. The van der Waals surface area contributed by atoms with Gasteiger partial charge in [0, 0.05) is 13.5 Å². The lowest BCUT2D eigenvalue weighted by Gasteiger charge is -2.26. The van der Waals surface area contributed by atoms with Crippen LogP contribution in [0.5, 0.6) is 0 Å². The standard InChI is InChI=1S/C13H26N2O.ClH/c1-13(16)14-9-5-2-3-6-10-15-11-7-4-8-12-15;/h2-12H2,1H3,(H,14,16);1H. The minimum Gasteiger partial charge on any atom is -0.356 e. The lowest BCUT2D eigenvalue weighted by molar-refractivity contribution is -0.118. The summed E-state index contributed by atoms with van der Waals surface area (Å²) >= 11 is 0. The van der Waals surface area contributed by atoms with Gasteiger partial charge in [-0.3, -0.25) is 4.79 Å². The summed E-state index contributed by atoms with van der Waals surface area (Å²) in [4.78, 5) is 13.2. The highest BCUT2D eigenvalue weighted by molar-refractivity contribution is 5.85. The number of likely N-dealkylation sites (tertiary alicyclic amines) is 1. The van der Waals surface area contributed by atoms with Crippen molar-refractivity contribution >= 4 is 18.3 Å². The topological polar surface area (TPSA) is 32.3 Å². The number of piperidine rings is 1. The molecule has 0 bridgehead atoms. The average molecular weight is 263 g/mol. The fraction of sp³-hybridized carbons (Fsp3) is 0.923. The van der Waals surface area contributed by atoms with Crippen molar-refractivity contribution in [2.24, 2.45) is 0 Å². The Hall–Kier alpha value is -0.280. The summed E-state index contributed by atoms with van der Waals surface area (Å²) in [6.07, 6.45) is 9.20. The largest absolute Gasteiger partial charge is 0.356 e. The number of carbonyl (C=O) groups is 1. The molecule has 1 fully saturated rings. The zero-order valence-electron chi connectivity index (χ0n) is 11.0. The third kappa shape index (κ3) is 9.42. The quantitative estimate of drug-likeness (QED) is 0.716. The van der Waals surface area contributed by atoms with Crippen LogP contribution in [0.3, 0.4) is 0 Å². The van der Waals surface area contributed by atoms with Crippen LogP contribution in [-0.4, -0.2) is 37.0 Å². The Kier molecular flexibility index (Phi) is 10.7. The van der Waals surface area contributed by atoms with E-state index >= 15 is 0 Å². The van der Waals surface area contributed by atoms with Gasteiger partial charge in [-0.05, 0) is 45.3 Å². The van der Waals surface area contributed by atoms with Gasteiger partial charge in [0.25, 0.3) is 0 Å². The SMILES string of the molecule is CC(=O)NCCCCCCN1CCCCC1.Cl. The van der Waals surface area contributed by atoms with Gasteiger partial charge in [0.05, 0.1) is 0 Å². The molecule has 4 heteroatoms. The fourth-order valence-corrected chi connectivity index (χ4v) is 2.26. The molecule has 1 rings (SSSR count). The van der Waals surface area contributed by atoms with Crippen molar-refractivity contribution in [3.63, 3.8) is 0 Å². The van der Waals surface area contributed by atoms with E-state index in [-0.39, 0.29) is 18.3 Å². The number of nitrogens with one attached hydrogen (secondary N) is 1. The molecule has 17 heavy (non-hydrogen) atoms. The number of carbonyl (C=O) groups excluding carboxylic acids is 1. The Morgan fingerprint density at radius 2 is 1.71 bits per heavy atom. The number of unbranched alkanes of at least 4 members (excludes halogenated alkanes) is 3. The Morgan fingerprint density at radius 1 is 1.06 bits per heavy atom. The van der Waals surface area contributed by atoms with E-state index < -0.39 is 0 Å². The maximum atomic E-state index is 10.6. The first kappa shape index (κ1) is 16.7. The van der Waals surface area contributed by atoms with Gasteiger partial charge in [-0.25, -0.2) is 0 Å². The van der Waals surface area contributed by atoms with E-state index in [1.54, 1.807) is 6.92 Å². The molecule has 0 spiro atoms. The van der Waals surface area contributed by atoms with Crippen molar-refractivity contribution in [1.29, 1.82) is 0 Å². The van der Waals surface area contributed by atoms with Gasteiger partial charge in [0.1, 0.15) is 0 Å². The highest BCUT2D eigenvalue weighted by Gasteiger charge is 2.08. The summed E-state index contributed by atoms with van der Waals surface area (Å²) in [6.45, 7) is 6.33. The van der Waals surface area contributed by atoms with Crippen LogP contribution < -0.4 is 5.32 Å². The number of rotatable bonds is 7. The number of amides is 1. The molecule has 102 valence electrons. The van der Waals surface area contributed by atoms with Gasteiger partial charge in [0.2, 0.25) is 5.91 Å². The summed E-state index contributed by atoms with van der Waals surface area (Å²) in [7, 11) is 0. The number of halogens is 1. The van der Waals surface area contributed by atoms with Crippen molar-refractivity contribution in [1.82, 2.24) is 10.2 Å². The van der Waals surface area contributed by atoms with Crippen LogP contribution in [0.25, 0.3) is 0 Å². The van der Waals surface area contributed by atoms with Crippen molar-refractivity contribution < 1.29 is 4.79 Å². The smallest absolute Gasteiger partial charge is 0.216 e. The summed E-state index contributed by atoms with van der Waals surface area (Å²) in [5.74, 6) is 0.0910. The molecule has 0 aromatic rings. The molecule has 1 aliphatic rings. The van der Waals surface area contributed by atoms with Gasteiger partial charge in [-0.1, -0.05) is 19.3 Å². The van der Waals surface area contributed by atoms with E-state index in [0.717, 1.165) is 13.0 Å². The first-order valence-electron chi connectivity index (χ1n) is 6.76. The minimum atomic E-state index is 0. The van der Waals surface area contributed by atoms with E-state index in [1.807, 2.05) is 0 Å². The predicted molar refractivity (Wildman–Crippen MR) is 74.7 cm³/mol. The van der Waals surface area contributed by atoms with Crippen LogP contribution >= 0.6 is 12.4 Å². The van der Waals surface area contributed by atoms with Crippen molar-refractivity contribution in [3.05, 3.63) is 0 Å². The second-order valence-corrected chi connectivity index (χ2v) is 4.80. The van der Waals surface area contributed by atoms with Gasteiger partial charge < -0.3 is 10.2 Å². The molecule has 0 aromatic carbocycles. The second kappa shape index (κ2) is 10.8. The molecule has 1 aliphatic heterocycles. The lowest BCUT2D eigenvalue weighted by Crippen LogP contribution is -2.30. The molecule has 0 radical (unpaired) electrons. The second-order valence-electron chi connectivity index (χ2n) is 4.80. The van der Waals surface area contributed by atoms with Crippen LogP contribution in [0.2, 0.25) is 0 Å². The highest BCUT2D eigenvalue weighted by atomic mass is 35.5. The van der Waals surface area contributed by atoms with E-state index in [4.69, 9.17) is 0 Å². The number of nitrogens with zero attached hydrogens (tertiary/aromatic N) is 1.